The summed E-state index contributed by atoms with van der Waals surface area (Å²) in [7, 11) is -1.67. The minimum absolute atomic E-state index is 0.0340. The lowest BCUT2D eigenvalue weighted by atomic mass is 9.97. The number of carbonyl (C=O) groups is 1. The summed E-state index contributed by atoms with van der Waals surface area (Å²) in [6.07, 6.45) is 3.17. The normalized spacial score (nSPS) is 14.5. The second-order valence-electron chi connectivity index (χ2n) is 7.96. The van der Waals surface area contributed by atoms with Gasteiger partial charge in [0.2, 0.25) is 15.9 Å². The number of thioether (sulfide) groups is 1. The Morgan fingerprint density at radius 3 is 2.06 bits per heavy atom. The van der Waals surface area contributed by atoms with Crippen LogP contribution >= 0.6 is 11.8 Å². The van der Waals surface area contributed by atoms with E-state index in [2.05, 4.69) is 4.98 Å². The number of pyridine rings is 1. The number of hydrogen-bond donors (Lipinski definition) is 0. The molecule has 0 aliphatic carbocycles. The maximum absolute atomic E-state index is 13.1. The van der Waals surface area contributed by atoms with Gasteiger partial charge in [-0.05, 0) is 36.1 Å². The average molecular weight is 482 g/mol. The fourth-order valence-electron chi connectivity index (χ4n) is 3.97. The lowest BCUT2D eigenvalue weighted by Gasteiger charge is -2.29. The molecule has 0 spiro atoms. The van der Waals surface area contributed by atoms with E-state index in [1.165, 1.54) is 22.3 Å². The monoisotopic (exact) mass is 481 g/mol. The molecule has 0 atom stereocenters. The zero-order valence-corrected chi connectivity index (χ0v) is 20.1. The van der Waals surface area contributed by atoms with Crippen LogP contribution in [0.15, 0.2) is 88.9 Å². The van der Waals surface area contributed by atoms with Crippen molar-refractivity contribution in [2.24, 2.45) is 0 Å². The number of aromatic nitrogens is 1. The van der Waals surface area contributed by atoms with Crippen LogP contribution in [0.4, 0.5) is 0 Å². The highest BCUT2D eigenvalue weighted by Gasteiger charge is 2.27. The summed E-state index contributed by atoms with van der Waals surface area (Å²) >= 11 is 1.31. The maximum Gasteiger partial charge on any atom is 0.244 e. The van der Waals surface area contributed by atoms with Crippen molar-refractivity contribution in [3.63, 3.8) is 0 Å². The molecule has 0 N–H and O–H groups in total. The van der Waals surface area contributed by atoms with Crippen LogP contribution in [0, 0.1) is 0 Å². The average Bonchev–Trinajstić information content (AvgIpc) is 3.40. The van der Waals surface area contributed by atoms with Gasteiger partial charge in [0.05, 0.1) is 16.8 Å². The summed E-state index contributed by atoms with van der Waals surface area (Å²) in [4.78, 5) is 19.3. The van der Waals surface area contributed by atoms with Crippen LogP contribution < -0.4 is 0 Å². The highest BCUT2D eigenvalue weighted by molar-refractivity contribution is 7.99. The summed E-state index contributed by atoms with van der Waals surface area (Å²) < 4.78 is 26.8. The Labute approximate surface area is 199 Å². The predicted octanol–water partition coefficient (Wildman–Crippen LogP) is 4.21. The van der Waals surface area contributed by atoms with Crippen LogP contribution in [0.3, 0.4) is 0 Å². The lowest BCUT2D eigenvalue weighted by molar-refractivity contribution is -0.128. The minimum atomic E-state index is -3.49. The summed E-state index contributed by atoms with van der Waals surface area (Å²) in [6.45, 7) is 1.12. The Morgan fingerprint density at radius 1 is 0.970 bits per heavy atom. The van der Waals surface area contributed by atoms with Gasteiger partial charge in [-0.15, -0.1) is 0 Å². The van der Waals surface area contributed by atoms with Gasteiger partial charge in [-0.3, -0.25) is 4.79 Å². The lowest BCUT2D eigenvalue weighted by Crippen LogP contribution is -2.33. The van der Waals surface area contributed by atoms with E-state index in [0.717, 1.165) is 24.0 Å². The van der Waals surface area contributed by atoms with Gasteiger partial charge in [-0.2, -0.15) is 4.31 Å². The van der Waals surface area contributed by atoms with Crippen LogP contribution in [0.2, 0.25) is 0 Å². The number of rotatable bonds is 8. The predicted molar refractivity (Wildman–Crippen MR) is 130 cm³/mol. The quantitative estimate of drug-likeness (QED) is 0.451. The molecule has 2 aromatic carbocycles. The van der Waals surface area contributed by atoms with Crippen LogP contribution in [-0.2, 0) is 14.8 Å². The van der Waals surface area contributed by atoms with Crippen molar-refractivity contribution in [3.8, 4) is 0 Å². The van der Waals surface area contributed by atoms with E-state index in [-0.39, 0.29) is 22.6 Å². The molecular weight excluding hydrogens is 454 g/mol. The molecule has 0 radical (unpaired) electrons. The molecule has 3 aromatic rings. The van der Waals surface area contributed by atoms with Crippen molar-refractivity contribution < 1.29 is 13.2 Å². The SMILES string of the molecule is CN(C(=O)CSc1ccc(S(=O)(=O)N2CCCC2)cn1)C(c1ccccc1)c1ccccc1. The first-order chi connectivity index (χ1) is 16.0. The number of sulfonamides is 1. The van der Waals surface area contributed by atoms with Gasteiger partial charge in [0.1, 0.15) is 4.90 Å². The van der Waals surface area contributed by atoms with E-state index >= 15 is 0 Å². The zero-order valence-electron chi connectivity index (χ0n) is 18.5. The highest BCUT2D eigenvalue weighted by atomic mass is 32.2. The van der Waals surface area contributed by atoms with Crippen LogP contribution in [-0.4, -0.2) is 54.4 Å². The molecule has 0 bridgehead atoms. The molecule has 0 saturated carbocycles. The van der Waals surface area contributed by atoms with Gasteiger partial charge < -0.3 is 4.90 Å². The minimum Gasteiger partial charge on any atom is -0.334 e. The molecule has 1 fully saturated rings. The second kappa shape index (κ2) is 10.5. The molecule has 1 aromatic heterocycles. The Hall–Kier alpha value is -2.68. The van der Waals surface area contributed by atoms with E-state index in [9.17, 15) is 13.2 Å². The maximum atomic E-state index is 13.1. The van der Waals surface area contributed by atoms with E-state index in [1.807, 2.05) is 67.7 Å². The van der Waals surface area contributed by atoms with Crippen molar-refractivity contribution in [2.45, 2.75) is 28.8 Å². The fourth-order valence-corrected chi connectivity index (χ4v) is 6.20. The van der Waals surface area contributed by atoms with Crippen LogP contribution in [0.25, 0.3) is 0 Å². The Morgan fingerprint density at radius 2 is 1.55 bits per heavy atom. The number of carbonyl (C=O) groups excluding carboxylic acids is 1. The van der Waals surface area contributed by atoms with Gasteiger partial charge >= 0.3 is 0 Å². The molecule has 6 nitrogen and oxygen atoms in total. The summed E-state index contributed by atoms with van der Waals surface area (Å²) in [5, 5.41) is 0.619. The third-order valence-corrected chi connectivity index (χ3v) is 8.58. The molecule has 0 unspecified atom stereocenters. The molecule has 1 saturated heterocycles. The Balaban J connectivity index is 1.44. The molecule has 8 heteroatoms. The van der Waals surface area contributed by atoms with Gasteiger partial charge in [0, 0.05) is 26.3 Å². The largest absolute Gasteiger partial charge is 0.334 e. The van der Waals surface area contributed by atoms with Crippen LogP contribution in [0.5, 0.6) is 0 Å². The molecule has 2 heterocycles. The standard InChI is InChI=1S/C25H27N3O3S2/c1-27(25(20-10-4-2-5-11-20)21-12-6-3-7-13-21)24(29)19-32-23-15-14-22(18-26-23)33(30,31)28-16-8-9-17-28/h2-7,10-15,18,25H,8-9,16-17,19H2,1H3. The van der Waals surface area contributed by atoms with Crippen molar-refractivity contribution >= 4 is 27.7 Å². The first kappa shape index (κ1) is 23.5. The Kier molecular flexibility index (Phi) is 7.47. The number of amides is 1. The van der Waals surface area contributed by atoms with Gasteiger partial charge in [-0.25, -0.2) is 13.4 Å². The molecule has 33 heavy (non-hydrogen) atoms. The van der Waals surface area contributed by atoms with Gasteiger partial charge in [0.25, 0.3) is 0 Å². The molecule has 4 rings (SSSR count). The molecule has 1 aliphatic heterocycles. The topological polar surface area (TPSA) is 70.6 Å². The van der Waals surface area contributed by atoms with Gasteiger partial charge in [0.15, 0.2) is 0 Å². The molecular formula is C25H27N3O3S2. The third-order valence-electron chi connectivity index (χ3n) is 5.77. The van der Waals surface area contributed by atoms with Gasteiger partial charge in [-0.1, -0.05) is 72.4 Å². The first-order valence-electron chi connectivity index (χ1n) is 10.9. The summed E-state index contributed by atoms with van der Waals surface area (Å²) in [5.74, 6) is 0.172. The molecule has 1 aliphatic rings. The first-order valence-corrected chi connectivity index (χ1v) is 13.3. The van der Waals surface area contributed by atoms with Crippen molar-refractivity contribution in [3.05, 3.63) is 90.1 Å². The molecule has 1 amide bonds. The fraction of sp³-hybridized carbons (Fsp3) is 0.280. The Bertz CT molecular complexity index is 1130. The highest BCUT2D eigenvalue weighted by Crippen LogP contribution is 2.29. The molecule has 172 valence electrons. The summed E-state index contributed by atoms with van der Waals surface area (Å²) in [5.41, 5.74) is 2.08. The van der Waals surface area contributed by atoms with E-state index in [4.69, 9.17) is 0 Å². The van der Waals surface area contributed by atoms with Crippen molar-refractivity contribution in [2.75, 3.05) is 25.9 Å². The smallest absolute Gasteiger partial charge is 0.244 e. The number of nitrogens with zero attached hydrogens (tertiary/aromatic N) is 3. The van der Waals surface area contributed by atoms with E-state index in [0.29, 0.717) is 18.1 Å². The second-order valence-corrected chi connectivity index (χ2v) is 10.9. The van der Waals surface area contributed by atoms with E-state index in [1.54, 1.807) is 17.0 Å². The summed E-state index contributed by atoms with van der Waals surface area (Å²) in [6, 6.07) is 23.0. The van der Waals surface area contributed by atoms with Crippen LogP contribution in [0.1, 0.15) is 30.0 Å². The number of benzene rings is 2. The number of hydrogen-bond acceptors (Lipinski definition) is 5. The zero-order chi connectivity index (χ0) is 23.3. The van der Waals surface area contributed by atoms with Crippen molar-refractivity contribution in [1.29, 1.82) is 0 Å². The van der Waals surface area contributed by atoms with E-state index < -0.39 is 10.0 Å². The third kappa shape index (κ3) is 5.46. The van der Waals surface area contributed by atoms with Crippen molar-refractivity contribution in [1.82, 2.24) is 14.2 Å².